The van der Waals surface area contributed by atoms with E-state index in [0.29, 0.717) is 6.08 Å². The molecule has 0 fully saturated rings. The summed E-state index contributed by atoms with van der Waals surface area (Å²) in [6.07, 6.45) is 2.49. The topological polar surface area (TPSA) is 72.8 Å². The van der Waals surface area contributed by atoms with Gasteiger partial charge < -0.3 is 14.6 Å². The van der Waals surface area contributed by atoms with Crippen LogP contribution in [-0.4, -0.2) is 29.8 Å². The molecule has 0 bridgehead atoms. The summed E-state index contributed by atoms with van der Waals surface area (Å²) in [7, 11) is 0. The van der Waals surface area contributed by atoms with Crippen LogP contribution in [-0.2, 0) is 19.1 Å². The van der Waals surface area contributed by atoms with E-state index in [9.17, 15) is 9.59 Å². The summed E-state index contributed by atoms with van der Waals surface area (Å²) in [4.78, 5) is 20.8. The molecular formula is C9H12O5. The molecule has 0 aliphatic carbocycles. The van der Waals surface area contributed by atoms with Gasteiger partial charge in [-0.25, -0.2) is 9.59 Å². The summed E-state index contributed by atoms with van der Waals surface area (Å²) in [5, 5.41) is 8.19. The van der Waals surface area contributed by atoms with Crippen molar-refractivity contribution in [3.8, 4) is 0 Å². The van der Waals surface area contributed by atoms with Crippen molar-refractivity contribution in [2.24, 2.45) is 0 Å². The number of carbonyl (C=O) groups is 2. The van der Waals surface area contributed by atoms with Crippen LogP contribution in [0.1, 0.15) is 6.92 Å². The second kappa shape index (κ2) is 6.71. The molecule has 0 aliphatic rings. The number of hydrogen-bond donors (Lipinski definition) is 1. The fourth-order valence-electron chi connectivity index (χ4n) is 0.590. The molecule has 0 radical (unpaired) electrons. The highest BCUT2D eigenvalue weighted by Crippen LogP contribution is 1.93. The summed E-state index contributed by atoms with van der Waals surface area (Å²) >= 11 is 0. The fourth-order valence-corrected chi connectivity index (χ4v) is 0.590. The first kappa shape index (κ1) is 12.2. The molecule has 5 nitrogen and oxygen atoms in total. The SMILES string of the molecule is C=COC(C)COC(=O)/C=C/C(=O)O. The Kier molecular flexibility index (Phi) is 5.85. The molecule has 1 unspecified atom stereocenters. The van der Waals surface area contributed by atoms with Gasteiger partial charge in [-0.2, -0.15) is 0 Å². The maximum Gasteiger partial charge on any atom is 0.331 e. The first-order valence-corrected chi connectivity index (χ1v) is 3.90. The Bertz CT molecular complexity index is 244. The Morgan fingerprint density at radius 2 is 2.14 bits per heavy atom. The van der Waals surface area contributed by atoms with Gasteiger partial charge in [0, 0.05) is 12.2 Å². The molecule has 0 aromatic heterocycles. The minimum Gasteiger partial charge on any atom is -0.495 e. The second-order valence-corrected chi connectivity index (χ2v) is 2.41. The van der Waals surface area contributed by atoms with Gasteiger partial charge in [-0.15, -0.1) is 0 Å². The van der Waals surface area contributed by atoms with Crippen molar-refractivity contribution in [1.82, 2.24) is 0 Å². The standard InChI is InChI=1S/C9H12O5/c1-3-13-7(2)6-14-9(12)5-4-8(10)11/h3-5,7H,1,6H2,2H3,(H,10,11)/b5-4+. The van der Waals surface area contributed by atoms with E-state index < -0.39 is 11.9 Å². The van der Waals surface area contributed by atoms with E-state index in [2.05, 4.69) is 11.3 Å². The molecule has 14 heavy (non-hydrogen) atoms. The number of carboxylic acid groups (broad SMARTS) is 1. The predicted octanol–water partition coefficient (Wildman–Crippen LogP) is 0.719. The van der Waals surface area contributed by atoms with E-state index in [1.807, 2.05) is 0 Å². The monoisotopic (exact) mass is 200 g/mol. The quantitative estimate of drug-likeness (QED) is 0.388. The van der Waals surface area contributed by atoms with Crippen LogP contribution in [0.2, 0.25) is 0 Å². The maximum absolute atomic E-state index is 10.8. The third kappa shape index (κ3) is 6.90. The van der Waals surface area contributed by atoms with Crippen LogP contribution in [0.25, 0.3) is 0 Å². The molecule has 0 aromatic carbocycles. The van der Waals surface area contributed by atoms with Crippen LogP contribution < -0.4 is 0 Å². The highest BCUT2D eigenvalue weighted by molar-refractivity contribution is 5.90. The van der Waals surface area contributed by atoms with Crippen LogP contribution in [0.5, 0.6) is 0 Å². The van der Waals surface area contributed by atoms with Crippen molar-refractivity contribution in [1.29, 1.82) is 0 Å². The zero-order valence-corrected chi connectivity index (χ0v) is 7.80. The molecule has 0 heterocycles. The maximum atomic E-state index is 10.8. The summed E-state index contributed by atoms with van der Waals surface area (Å²) < 4.78 is 9.51. The average molecular weight is 200 g/mol. The van der Waals surface area contributed by atoms with Gasteiger partial charge in [0.1, 0.15) is 12.7 Å². The Morgan fingerprint density at radius 1 is 1.50 bits per heavy atom. The summed E-state index contributed by atoms with van der Waals surface area (Å²) in [6, 6.07) is 0. The normalized spacial score (nSPS) is 12.1. The number of carboxylic acids is 1. The van der Waals surface area contributed by atoms with Gasteiger partial charge in [0.2, 0.25) is 0 Å². The van der Waals surface area contributed by atoms with E-state index in [4.69, 9.17) is 9.84 Å². The van der Waals surface area contributed by atoms with Crippen molar-refractivity contribution >= 4 is 11.9 Å². The Morgan fingerprint density at radius 3 is 2.64 bits per heavy atom. The molecule has 1 atom stereocenters. The molecule has 5 heteroatoms. The van der Waals surface area contributed by atoms with Gasteiger partial charge in [0.15, 0.2) is 0 Å². The molecular weight excluding hydrogens is 188 g/mol. The van der Waals surface area contributed by atoms with Crippen LogP contribution in [0.15, 0.2) is 25.0 Å². The lowest BCUT2D eigenvalue weighted by Crippen LogP contribution is -2.16. The number of aliphatic carboxylic acids is 1. The van der Waals surface area contributed by atoms with Crippen molar-refractivity contribution in [3.05, 3.63) is 25.0 Å². The van der Waals surface area contributed by atoms with Gasteiger partial charge in [-0.3, -0.25) is 0 Å². The third-order valence-corrected chi connectivity index (χ3v) is 1.15. The number of rotatable bonds is 6. The minimum atomic E-state index is -1.20. The van der Waals surface area contributed by atoms with Crippen LogP contribution in [0.4, 0.5) is 0 Å². The molecule has 0 saturated carbocycles. The van der Waals surface area contributed by atoms with Gasteiger partial charge >= 0.3 is 11.9 Å². The summed E-state index contributed by atoms with van der Waals surface area (Å²) in [6.45, 7) is 5.07. The van der Waals surface area contributed by atoms with Crippen molar-refractivity contribution in [3.63, 3.8) is 0 Å². The molecule has 0 spiro atoms. The Labute approximate surface area is 81.6 Å². The third-order valence-electron chi connectivity index (χ3n) is 1.15. The van der Waals surface area contributed by atoms with E-state index in [0.717, 1.165) is 6.08 Å². The van der Waals surface area contributed by atoms with Gasteiger partial charge in [-0.05, 0) is 6.92 Å². The predicted molar refractivity (Wildman–Crippen MR) is 48.5 cm³/mol. The smallest absolute Gasteiger partial charge is 0.331 e. The first-order valence-electron chi connectivity index (χ1n) is 3.90. The van der Waals surface area contributed by atoms with Crippen molar-refractivity contribution in [2.75, 3.05) is 6.61 Å². The summed E-state index contributed by atoms with van der Waals surface area (Å²) in [5.74, 6) is -1.91. The number of hydrogen-bond acceptors (Lipinski definition) is 4. The molecule has 1 N–H and O–H groups in total. The van der Waals surface area contributed by atoms with E-state index in [1.165, 1.54) is 6.26 Å². The van der Waals surface area contributed by atoms with Crippen LogP contribution >= 0.6 is 0 Å². The van der Waals surface area contributed by atoms with Gasteiger partial charge in [0.05, 0.1) is 6.26 Å². The molecule has 0 amide bonds. The molecule has 0 aliphatic heterocycles. The van der Waals surface area contributed by atoms with Gasteiger partial charge in [0.25, 0.3) is 0 Å². The molecule has 78 valence electrons. The number of carbonyl (C=O) groups excluding carboxylic acids is 1. The van der Waals surface area contributed by atoms with Crippen LogP contribution in [0, 0.1) is 0 Å². The molecule has 0 saturated heterocycles. The van der Waals surface area contributed by atoms with Crippen LogP contribution in [0.3, 0.4) is 0 Å². The zero-order chi connectivity index (χ0) is 11.0. The summed E-state index contributed by atoms with van der Waals surface area (Å²) in [5.41, 5.74) is 0. The van der Waals surface area contributed by atoms with E-state index >= 15 is 0 Å². The molecule has 0 aromatic rings. The lowest BCUT2D eigenvalue weighted by molar-refractivity contribution is -0.141. The highest BCUT2D eigenvalue weighted by Gasteiger charge is 2.04. The number of ether oxygens (including phenoxy) is 2. The second-order valence-electron chi connectivity index (χ2n) is 2.41. The van der Waals surface area contributed by atoms with Gasteiger partial charge in [-0.1, -0.05) is 6.58 Å². The Hall–Kier alpha value is -1.78. The minimum absolute atomic E-state index is 0.0504. The Balaban J connectivity index is 3.73. The average Bonchev–Trinajstić information content (AvgIpc) is 2.12. The van der Waals surface area contributed by atoms with Crippen molar-refractivity contribution in [2.45, 2.75) is 13.0 Å². The van der Waals surface area contributed by atoms with E-state index in [1.54, 1.807) is 6.92 Å². The lowest BCUT2D eigenvalue weighted by atomic mass is 10.4. The zero-order valence-electron chi connectivity index (χ0n) is 7.80. The highest BCUT2D eigenvalue weighted by atomic mass is 16.6. The van der Waals surface area contributed by atoms with E-state index in [-0.39, 0.29) is 12.7 Å². The lowest BCUT2D eigenvalue weighted by Gasteiger charge is -2.09. The van der Waals surface area contributed by atoms with Crippen molar-refractivity contribution < 1.29 is 24.2 Å². The largest absolute Gasteiger partial charge is 0.495 e. The first-order chi connectivity index (χ1) is 6.56. The molecule has 0 rings (SSSR count). The fraction of sp³-hybridized carbons (Fsp3) is 0.333. The number of esters is 1.